The van der Waals surface area contributed by atoms with Gasteiger partial charge in [-0.1, -0.05) is 23.7 Å². The van der Waals surface area contributed by atoms with Gasteiger partial charge in [0.15, 0.2) is 0 Å². The zero-order valence-corrected chi connectivity index (χ0v) is 9.07. The summed E-state index contributed by atoms with van der Waals surface area (Å²) < 4.78 is 1.85. The van der Waals surface area contributed by atoms with E-state index in [0.717, 1.165) is 17.1 Å². The van der Waals surface area contributed by atoms with Crippen LogP contribution in [-0.4, -0.2) is 14.7 Å². The summed E-state index contributed by atoms with van der Waals surface area (Å²) in [4.78, 5) is 4.24. The van der Waals surface area contributed by atoms with Crippen molar-refractivity contribution < 1.29 is 5.11 Å². The molecule has 78 valence electrons. The fraction of sp³-hybridized carbons (Fsp3) is 0.182. The fourth-order valence-corrected chi connectivity index (χ4v) is 1.68. The maximum Gasteiger partial charge on any atom is 0.139 e. The standard InChI is InChI=1S/C11H11ClN2O/c1-14-10(7-15)6-13-11(14)8-3-2-4-9(12)5-8/h2-6,15H,7H2,1H3. The molecule has 0 fully saturated rings. The van der Waals surface area contributed by atoms with Crippen LogP contribution in [0.4, 0.5) is 0 Å². The van der Waals surface area contributed by atoms with Gasteiger partial charge in [-0.2, -0.15) is 0 Å². The molecule has 4 heteroatoms. The zero-order valence-electron chi connectivity index (χ0n) is 8.31. The summed E-state index contributed by atoms with van der Waals surface area (Å²) in [7, 11) is 1.87. The highest BCUT2D eigenvalue weighted by atomic mass is 35.5. The van der Waals surface area contributed by atoms with Crippen LogP contribution < -0.4 is 0 Å². The summed E-state index contributed by atoms with van der Waals surface area (Å²) in [6.07, 6.45) is 1.66. The highest BCUT2D eigenvalue weighted by Gasteiger charge is 2.07. The average molecular weight is 223 g/mol. The van der Waals surface area contributed by atoms with Gasteiger partial charge in [0.2, 0.25) is 0 Å². The van der Waals surface area contributed by atoms with Gasteiger partial charge in [-0.05, 0) is 12.1 Å². The Balaban J connectivity index is 2.49. The largest absolute Gasteiger partial charge is 0.390 e. The average Bonchev–Trinajstić information content (AvgIpc) is 2.59. The molecular weight excluding hydrogens is 212 g/mol. The Kier molecular flexibility index (Phi) is 2.75. The fourth-order valence-electron chi connectivity index (χ4n) is 1.49. The first kappa shape index (κ1) is 10.2. The van der Waals surface area contributed by atoms with Crippen LogP contribution in [0.3, 0.4) is 0 Å². The highest BCUT2D eigenvalue weighted by Crippen LogP contribution is 2.21. The minimum atomic E-state index is -0.00986. The van der Waals surface area contributed by atoms with E-state index < -0.39 is 0 Å². The van der Waals surface area contributed by atoms with E-state index in [0.29, 0.717) is 5.02 Å². The molecule has 0 atom stereocenters. The second kappa shape index (κ2) is 4.04. The van der Waals surface area contributed by atoms with Gasteiger partial charge < -0.3 is 9.67 Å². The Morgan fingerprint density at radius 1 is 1.47 bits per heavy atom. The van der Waals surface area contributed by atoms with Crippen LogP contribution in [0.25, 0.3) is 11.4 Å². The number of nitrogens with zero attached hydrogens (tertiary/aromatic N) is 2. The van der Waals surface area contributed by atoms with Crippen molar-refractivity contribution in [2.45, 2.75) is 6.61 Å². The summed E-state index contributed by atoms with van der Waals surface area (Å²) in [5.74, 6) is 0.807. The molecule has 0 radical (unpaired) electrons. The molecule has 2 rings (SSSR count). The van der Waals surface area contributed by atoms with Crippen molar-refractivity contribution in [2.75, 3.05) is 0 Å². The van der Waals surface area contributed by atoms with Gasteiger partial charge in [0.25, 0.3) is 0 Å². The van der Waals surface area contributed by atoms with Crippen LogP contribution in [0.5, 0.6) is 0 Å². The van der Waals surface area contributed by atoms with Crippen LogP contribution in [0.2, 0.25) is 5.02 Å². The lowest BCUT2D eigenvalue weighted by atomic mass is 10.2. The van der Waals surface area contributed by atoms with E-state index in [9.17, 15) is 0 Å². The van der Waals surface area contributed by atoms with Gasteiger partial charge in [0.1, 0.15) is 5.82 Å². The lowest BCUT2D eigenvalue weighted by Crippen LogP contribution is -1.98. The highest BCUT2D eigenvalue weighted by molar-refractivity contribution is 6.30. The Morgan fingerprint density at radius 3 is 2.87 bits per heavy atom. The maximum atomic E-state index is 9.05. The molecule has 0 saturated carbocycles. The van der Waals surface area contributed by atoms with Gasteiger partial charge in [0, 0.05) is 17.6 Å². The van der Waals surface area contributed by atoms with Crippen LogP contribution >= 0.6 is 11.6 Å². The van der Waals surface area contributed by atoms with Crippen molar-refractivity contribution in [3.8, 4) is 11.4 Å². The minimum Gasteiger partial charge on any atom is -0.390 e. The number of aromatic nitrogens is 2. The first-order valence-corrected chi connectivity index (χ1v) is 4.97. The Labute approximate surface area is 93.0 Å². The number of aliphatic hydroxyl groups is 1. The molecule has 3 nitrogen and oxygen atoms in total. The number of rotatable bonds is 2. The van der Waals surface area contributed by atoms with E-state index in [-0.39, 0.29) is 6.61 Å². The molecule has 0 aliphatic heterocycles. The zero-order chi connectivity index (χ0) is 10.8. The molecule has 0 aliphatic carbocycles. The molecule has 0 unspecified atom stereocenters. The molecular formula is C11H11ClN2O. The van der Waals surface area contributed by atoms with E-state index in [1.54, 1.807) is 6.20 Å². The number of benzene rings is 1. The topological polar surface area (TPSA) is 38.0 Å². The molecule has 0 amide bonds. The van der Waals surface area contributed by atoms with Gasteiger partial charge in [-0.25, -0.2) is 4.98 Å². The third-order valence-corrected chi connectivity index (χ3v) is 2.56. The molecule has 0 bridgehead atoms. The second-order valence-electron chi connectivity index (χ2n) is 3.30. The Hall–Kier alpha value is -1.32. The first-order valence-electron chi connectivity index (χ1n) is 4.60. The smallest absolute Gasteiger partial charge is 0.139 e. The number of aliphatic hydroxyl groups excluding tert-OH is 1. The second-order valence-corrected chi connectivity index (χ2v) is 3.74. The maximum absolute atomic E-state index is 9.05. The van der Waals surface area contributed by atoms with E-state index in [1.807, 2.05) is 35.9 Å². The Morgan fingerprint density at radius 2 is 2.27 bits per heavy atom. The number of hydrogen-bond acceptors (Lipinski definition) is 2. The van der Waals surface area contributed by atoms with Crippen molar-refractivity contribution in [1.29, 1.82) is 0 Å². The molecule has 0 spiro atoms. The van der Waals surface area contributed by atoms with Crippen molar-refractivity contribution >= 4 is 11.6 Å². The third-order valence-electron chi connectivity index (χ3n) is 2.33. The predicted octanol–water partition coefficient (Wildman–Crippen LogP) is 2.23. The number of hydrogen-bond donors (Lipinski definition) is 1. The third kappa shape index (κ3) is 1.89. The lowest BCUT2D eigenvalue weighted by Gasteiger charge is -2.04. The molecule has 1 aromatic heterocycles. The summed E-state index contributed by atoms with van der Waals surface area (Å²) >= 11 is 5.90. The van der Waals surface area contributed by atoms with Gasteiger partial charge >= 0.3 is 0 Å². The predicted molar refractivity (Wildman–Crippen MR) is 59.6 cm³/mol. The molecule has 1 heterocycles. The molecule has 1 N–H and O–H groups in total. The van der Waals surface area contributed by atoms with Crippen molar-refractivity contribution in [3.05, 3.63) is 41.2 Å². The molecule has 0 aliphatic rings. The summed E-state index contributed by atoms with van der Waals surface area (Å²) in [6.45, 7) is -0.00986. The number of halogens is 1. The summed E-state index contributed by atoms with van der Waals surface area (Å²) in [5, 5.41) is 9.73. The first-order chi connectivity index (χ1) is 7.22. The van der Waals surface area contributed by atoms with Crippen molar-refractivity contribution in [2.24, 2.45) is 7.05 Å². The lowest BCUT2D eigenvalue weighted by molar-refractivity contribution is 0.273. The molecule has 15 heavy (non-hydrogen) atoms. The summed E-state index contributed by atoms with van der Waals surface area (Å²) in [6, 6.07) is 7.49. The van der Waals surface area contributed by atoms with Crippen LogP contribution in [-0.2, 0) is 13.7 Å². The van der Waals surface area contributed by atoms with Crippen LogP contribution in [0, 0.1) is 0 Å². The quantitative estimate of drug-likeness (QED) is 0.846. The van der Waals surface area contributed by atoms with Gasteiger partial charge in [-0.15, -0.1) is 0 Å². The van der Waals surface area contributed by atoms with Gasteiger partial charge in [-0.3, -0.25) is 0 Å². The minimum absolute atomic E-state index is 0.00986. The number of imidazole rings is 1. The van der Waals surface area contributed by atoms with E-state index in [2.05, 4.69) is 4.98 Å². The van der Waals surface area contributed by atoms with E-state index in [1.165, 1.54) is 0 Å². The molecule has 1 aromatic carbocycles. The van der Waals surface area contributed by atoms with Crippen molar-refractivity contribution in [3.63, 3.8) is 0 Å². The Bertz CT molecular complexity index is 479. The van der Waals surface area contributed by atoms with Gasteiger partial charge in [0.05, 0.1) is 18.5 Å². The summed E-state index contributed by atoms with van der Waals surface area (Å²) in [5.41, 5.74) is 1.73. The molecule has 2 aromatic rings. The van der Waals surface area contributed by atoms with Crippen molar-refractivity contribution in [1.82, 2.24) is 9.55 Å². The monoisotopic (exact) mass is 222 g/mol. The SMILES string of the molecule is Cn1c(CO)cnc1-c1cccc(Cl)c1. The van der Waals surface area contributed by atoms with Crippen LogP contribution in [0.15, 0.2) is 30.5 Å². The van der Waals surface area contributed by atoms with E-state index >= 15 is 0 Å². The van der Waals surface area contributed by atoms with E-state index in [4.69, 9.17) is 16.7 Å². The normalized spacial score (nSPS) is 10.6. The molecule has 0 saturated heterocycles. The van der Waals surface area contributed by atoms with Crippen LogP contribution in [0.1, 0.15) is 5.69 Å².